The van der Waals surface area contributed by atoms with Crippen LogP contribution < -0.4 is 4.74 Å². The molecule has 0 radical (unpaired) electrons. The lowest BCUT2D eigenvalue weighted by Crippen LogP contribution is -2.04. The van der Waals surface area contributed by atoms with Crippen LogP contribution in [-0.4, -0.2) is 28.2 Å². The standard InChI is InChI=1S/C17H13F3N4OS/c1-25-14-5-3-2-4-13(14)15-22-23-16(26)24(15)21-10-11-6-8-12(9-7-11)17(18,19)20/h2-10H,1H3,(H,23,26)/b21-10+. The Morgan fingerprint density at radius 1 is 1.15 bits per heavy atom. The van der Waals surface area contributed by atoms with Crippen LogP contribution in [0, 0.1) is 4.77 Å². The first-order valence-corrected chi connectivity index (χ1v) is 7.83. The molecule has 2 aromatic carbocycles. The minimum absolute atomic E-state index is 0.245. The van der Waals surface area contributed by atoms with Gasteiger partial charge in [0.2, 0.25) is 4.77 Å². The summed E-state index contributed by atoms with van der Waals surface area (Å²) in [7, 11) is 1.54. The Bertz CT molecular complexity index is 990. The molecule has 3 aromatic rings. The number of aromatic nitrogens is 3. The highest BCUT2D eigenvalue weighted by Crippen LogP contribution is 2.29. The molecule has 0 aliphatic carbocycles. The molecule has 0 saturated heterocycles. The van der Waals surface area contributed by atoms with Crippen molar-refractivity contribution in [2.45, 2.75) is 6.18 Å². The molecule has 0 fully saturated rings. The lowest BCUT2D eigenvalue weighted by Gasteiger charge is -2.07. The number of hydrogen-bond donors (Lipinski definition) is 1. The largest absolute Gasteiger partial charge is 0.496 e. The molecule has 9 heteroatoms. The molecule has 0 aliphatic heterocycles. The van der Waals surface area contributed by atoms with Gasteiger partial charge in [-0.25, -0.2) is 5.10 Å². The van der Waals surface area contributed by atoms with Gasteiger partial charge in [-0.3, -0.25) is 0 Å². The number of aromatic amines is 1. The second kappa shape index (κ2) is 7.12. The van der Waals surface area contributed by atoms with Crippen LogP contribution in [0.15, 0.2) is 53.6 Å². The molecule has 134 valence electrons. The van der Waals surface area contributed by atoms with Gasteiger partial charge in [0.05, 0.1) is 24.5 Å². The Labute approximate surface area is 151 Å². The van der Waals surface area contributed by atoms with Crippen molar-refractivity contribution >= 4 is 18.4 Å². The molecule has 5 nitrogen and oxygen atoms in total. The number of hydrogen-bond acceptors (Lipinski definition) is 4. The monoisotopic (exact) mass is 378 g/mol. The van der Waals surface area contributed by atoms with Crippen LogP contribution in [0.4, 0.5) is 13.2 Å². The summed E-state index contributed by atoms with van der Waals surface area (Å²) in [5, 5.41) is 11.0. The molecule has 1 N–H and O–H groups in total. The van der Waals surface area contributed by atoms with Gasteiger partial charge in [0.15, 0.2) is 5.82 Å². The normalized spacial score (nSPS) is 11.8. The molecule has 0 saturated carbocycles. The number of nitrogens with one attached hydrogen (secondary N) is 1. The van der Waals surface area contributed by atoms with Gasteiger partial charge < -0.3 is 4.74 Å². The molecule has 1 heterocycles. The predicted octanol–water partition coefficient (Wildman–Crippen LogP) is 4.52. The van der Waals surface area contributed by atoms with Crippen LogP contribution >= 0.6 is 12.2 Å². The number of para-hydroxylation sites is 1. The smallest absolute Gasteiger partial charge is 0.416 e. The van der Waals surface area contributed by atoms with E-state index >= 15 is 0 Å². The first-order valence-electron chi connectivity index (χ1n) is 7.42. The number of rotatable bonds is 4. The Kier molecular flexibility index (Phi) is 4.90. The average molecular weight is 378 g/mol. The molecule has 0 bridgehead atoms. The average Bonchev–Trinajstić information content (AvgIpc) is 3.00. The molecule has 0 aliphatic rings. The SMILES string of the molecule is COc1ccccc1-c1n[nH]c(=S)n1/N=C/c1ccc(C(F)(F)F)cc1. The van der Waals surface area contributed by atoms with Gasteiger partial charge in [0.25, 0.3) is 0 Å². The maximum absolute atomic E-state index is 12.6. The highest BCUT2D eigenvalue weighted by atomic mass is 32.1. The third kappa shape index (κ3) is 3.67. The summed E-state index contributed by atoms with van der Waals surface area (Å²) in [4.78, 5) is 0. The van der Waals surface area contributed by atoms with Crippen LogP contribution in [-0.2, 0) is 6.18 Å². The fraction of sp³-hybridized carbons (Fsp3) is 0.118. The van der Waals surface area contributed by atoms with Gasteiger partial charge in [-0.1, -0.05) is 24.3 Å². The van der Waals surface area contributed by atoms with E-state index in [1.54, 1.807) is 12.1 Å². The highest BCUT2D eigenvalue weighted by molar-refractivity contribution is 7.71. The summed E-state index contributed by atoms with van der Waals surface area (Å²) in [6.45, 7) is 0. The van der Waals surface area contributed by atoms with Crippen LogP contribution in [0.1, 0.15) is 11.1 Å². The second-order valence-electron chi connectivity index (χ2n) is 5.23. The fourth-order valence-electron chi connectivity index (χ4n) is 2.29. The number of benzene rings is 2. The van der Waals surface area contributed by atoms with Crippen molar-refractivity contribution in [3.05, 3.63) is 64.4 Å². The van der Waals surface area contributed by atoms with Crippen molar-refractivity contribution in [1.29, 1.82) is 0 Å². The number of ether oxygens (including phenoxy) is 1. The molecule has 1 aromatic heterocycles. The van der Waals surface area contributed by atoms with E-state index in [-0.39, 0.29) is 4.77 Å². The summed E-state index contributed by atoms with van der Waals surface area (Å²) in [5.74, 6) is 1.02. The summed E-state index contributed by atoms with van der Waals surface area (Å²) >= 11 is 5.18. The van der Waals surface area contributed by atoms with Crippen molar-refractivity contribution in [2.24, 2.45) is 5.10 Å². The minimum Gasteiger partial charge on any atom is -0.496 e. The van der Waals surface area contributed by atoms with Crippen molar-refractivity contribution < 1.29 is 17.9 Å². The first kappa shape index (κ1) is 17.9. The second-order valence-corrected chi connectivity index (χ2v) is 5.62. The molecule has 0 unspecified atom stereocenters. The lowest BCUT2D eigenvalue weighted by molar-refractivity contribution is -0.137. The summed E-state index contributed by atoms with van der Waals surface area (Å²) < 4.78 is 44.8. The zero-order chi connectivity index (χ0) is 18.7. The zero-order valence-corrected chi connectivity index (χ0v) is 14.3. The number of nitrogens with zero attached hydrogens (tertiary/aromatic N) is 3. The van der Waals surface area contributed by atoms with E-state index in [1.165, 1.54) is 30.1 Å². The third-order valence-electron chi connectivity index (χ3n) is 3.56. The molecule has 0 spiro atoms. The molecule has 0 atom stereocenters. The fourth-order valence-corrected chi connectivity index (χ4v) is 2.46. The van der Waals surface area contributed by atoms with Crippen molar-refractivity contribution in [3.63, 3.8) is 0 Å². The Hall–Kier alpha value is -2.94. The molecular weight excluding hydrogens is 365 g/mol. The van der Waals surface area contributed by atoms with E-state index in [0.29, 0.717) is 22.7 Å². The van der Waals surface area contributed by atoms with E-state index in [1.807, 2.05) is 12.1 Å². The van der Waals surface area contributed by atoms with Crippen molar-refractivity contribution in [1.82, 2.24) is 14.9 Å². The van der Waals surface area contributed by atoms with Crippen LogP contribution in [0.2, 0.25) is 0 Å². The van der Waals surface area contributed by atoms with E-state index in [0.717, 1.165) is 12.1 Å². The van der Waals surface area contributed by atoms with Crippen molar-refractivity contribution in [3.8, 4) is 17.1 Å². The minimum atomic E-state index is -4.38. The number of halogens is 3. The molecule has 3 rings (SSSR count). The maximum Gasteiger partial charge on any atom is 0.416 e. The lowest BCUT2D eigenvalue weighted by atomic mass is 10.1. The van der Waals surface area contributed by atoms with Gasteiger partial charge in [0.1, 0.15) is 5.75 Å². The number of alkyl halides is 3. The van der Waals surface area contributed by atoms with Gasteiger partial charge in [0, 0.05) is 0 Å². The van der Waals surface area contributed by atoms with Gasteiger partial charge in [-0.05, 0) is 42.0 Å². The zero-order valence-electron chi connectivity index (χ0n) is 13.5. The quantitative estimate of drug-likeness (QED) is 0.537. The highest BCUT2D eigenvalue weighted by Gasteiger charge is 2.29. The summed E-state index contributed by atoms with van der Waals surface area (Å²) in [6, 6.07) is 11.9. The van der Waals surface area contributed by atoms with Crippen LogP contribution in [0.5, 0.6) is 5.75 Å². The Balaban J connectivity index is 1.95. The van der Waals surface area contributed by atoms with Gasteiger partial charge in [-0.15, -0.1) is 0 Å². The Morgan fingerprint density at radius 3 is 2.50 bits per heavy atom. The Morgan fingerprint density at radius 2 is 1.85 bits per heavy atom. The van der Waals surface area contributed by atoms with E-state index in [9.17, 15) is 13.2 Å². The predicted molar refractivity (Wildman–Crippen MR) is 93.8 cm³/mol. The van der Waals surface area contributed by atoms with Gasteiger partial charge in [-0.2, -0.15) is 28.0 Å². The molecular formula is C17H13F3N4OS. The molecule has 26 heavy (non-hydrogen) atoms. The van der Waals surface area contributed by atoms with E-state index < -0.39 is 11.7 Å². The van der Waals surface area contributed by atoms with Crippen molar-refractivity contribution in [2.75, 3.05) is 7.11 Å². The van der Waals surface area contributed by atoms with E-state index in [2.05, 4.69) is 15.3 Å². The number of methoxy groups -OCH3 is 1. The number of H-pyrrole nitrogens is 1. The molecule has 0 amide bonds. The van der Waals surface area contributed by atoms with Gasteiger partial charge >= 0.3 is 6.18 Å². The van der Waals surface area contributed by atoms with Crippen LogP contribution in [0.3, 0.4) is 0 Å². The van der Waals surface area contributed by atoms with Crippen LogP contribution in [0.25, 0.3) is 11.4 Å². The third-order valence-corrected chi connectivity index (χ3v) is 3.82. The first-order chi connectivity index (χ1) is 12.4. The summed E-state index contributed by atoms with van der Waals surface area (Å²) in [6.07, 6.45) is -2.97. The van der Waals surface area contributed by atoms with E-state index in [4.69, 9.17) is 17.0 Å². The maximum atomic E-state index is 12.6. The topological polar surface area (TPSA) is 55.2 Å². The summed E-state index contributed by atoms with van der Waals surface area (Å²) in [5.41, 5.74) is 0.447.